The Morgan fingerprint density at radius 2 is 1.74 bits per heavy atom. The van der Waals surface area contributed by atoms with E-state index < -0.39 is 5.91 Å². The lowest BCUT2D eigenvalue weighted by molar-refractivity contribution is -0.114. The first kappa shape index (κ1) is 17.8. The summed E-state index contributed by atoms with van der Waals surface area (Å²) in [5.41, 5.74) is 5.35. The molecule has 0 fully saturated rings. The normalized spacial score (nSPS) is 16.1. The van der Waals surface area contributed by atoms with Crippen LogP contribution < -0.4 is 5.73 Å². The van der Waals surface area contributed by atoms with Gasteiger partial charge in [0.25, 0.3) is 5.91 Å². The minimum Gasteiger partial charge on any atom is -0.497 e. The molecule has 1 heterocycles. The third-order valence-electron chi connectivity index (χ3n) is 2.23. The van der Waals surface area contributed by atoms with Crippen molar-refractivity contribution in [1.82, 2.24) is 0 Å². The molecule has 0 radical (unpaired) electrons. The Morgan fingerprint density at radius 1 is 0.957 bits per heavy atom. The number of carbonyl (C=O) groups excluding carboxylic acids is 1. The second kappa shape index (κ2) is 12.5. The van der Waals surface area contributed by atoms with Gasteiger partial charge in [0.2, 0.25) is 0 Å². The summed E-state index contributed by atoms with van der Waals surface area (Å²) < 4.78 is 5.23. The molecule has 1 amide bonds. The average molecular weight is 310 g/mol. The molecule has 0 aromatic heterocycles. The highest BCUT2D eigenvalue weighted by Gasteiger charge is 1.98. The summed E-state index contributed by atoms with van der Waals surface area (Å²) in [4.78, 5) is 23.1. The quantitative estimate of drug-likeness (QED) is 0.805. The van der Waals surface area contributed by atoms with Crippen LogP contribution in [0.5, 0.6) is 0 Å². The highest BCUT2D eigenvalue weighted by atomic mass is 16.5. The molecule has 1 aliphatic heterocycles. The van der Waals surface area contributed by atoms with Crippen molar-refractivity contribution in [3.8, 4) is 0 Å². The number of allylic oxidation sites excluding steroid dienone is 7. The highest BCUT2D eigenvalue weighted by Crippen LogP contribution is 1.95. The molecule has 118 valence electrons. The van der Waals surface area contributed by atoms with E-state index in [0.717, 1.165) is 0 Å². The molecule has 2 N–H and O–H groups in total. The Kier molecular flexibility index (Phi) is 9.63. The van der Waals surface area contributed by atoms with Gasteiger partial charge in [0.1, 0.15) is 12.3 Å². The summed E-state index contributed by atoms with van der Waals surface area (Å²) in [5, 5.41) is 0. The van der Waals surface area contributed by atoms with Gasteiger partial charge in [0.15, 0.2) is 0 Å². The molecular formula is C17H18N4O2. The number of nitrogens with two attached hydrogens (primary N) is 1. The van der Waals surface area contributed by atoms with E-state index >= 15 is 0 Å². The van der Waals surface area contributed by atoms with E-state index in [1.165, 1.54) is 30.9 Å². The Balaban J connectivity index is 2.83. The van der Waals surface area contributed by atoms with Crippen molar-refractivity contribution in [1.29, 1.82) is 0 Å². The molecule has 0 spiro atoms. The van der Waals surface area contributed by atoms with Gasteiger partial charge in [-0.2, -0.15) is 0 Å². The van der Waals surface area contributed by atoms with E-state index in [0.29, 0.717) is 6.61 Å². The van der Waals surface area contributed by atoms with Crippen LogP contribution in [0.2, 0.25) is 0 Å². The summed E-state index contributed by atoms with van der Waals surface area (Å²) in [6.45, 7) is 0.451. The van der Waals surface area contributed by atoms with Crippen LogP contribution in [0.4, 0.5) is 0 Å². The smallest absolute Gasteiger partial charge is 0.267 e. The number of aliphatic imine (C=N–C) groups is 3. The van der Waals surface area contributed by atoms with Gasteiger partial charge >= 0.3 is 0 Å². The van der Waals surface area contributed by atoms with Gasteiger partial charge in [0.05, 0.1) is 6.26 Å². The number of hydrogen-bond donors (Lipinski definition) is 1. The van der Waals surface area contributed by atoms with Crippen molar-refractivity contribution < 1.29 is 9.53 Å². The van der Waals surface area contributed by atoms with E-state index in [2.05, 4.69) is 15.0 Å². The zero-order chi connectivity index (χ0) is 16.6. The molecule has 0 aromatic carbocycles. The van der Waals surface area contributed by atoms with Gasteiger partial charge in [-0.3, -0.25) is 14.8 Å². The lowest BCUT2D eigenvalue weighted by Gasteiger charge is -1.92. The zero-order valence-corrected chi connectivity index (χ0v) is 12.5. The molecular weight excluding hydrogens is 292 g/mol. The maximum Gasteiger partial charge on any atom is 0.267 e. The second-order valence-corrected chi connectivity index (χ2v) is 3.95. The van der Waals surface area contributed by atoms with E-state index in [1.807, 2.05) is 18.2 Å². The van der Waals surface area contributed by atoms with E-state index in [1.54, 1.807) is 36.8 Å². The van der Waals surface area contributed by atoms with Crippen LogP contribution in [0.25, 0.3) is 0 Å². The summed E-state index contributed by atoms with van der Waals surface area (Å²) in [5.74, 6) is -0.626. The summed E-state index contributed by atoms with van der Waals surface area (Å²) >= 11 is 0. The Morgan fingerprint density at radius 3 is 2.57 bits per heavy atom. The highest BCUT2D eigenvalue weighted by molar-refractivity contribution is 6.17. The van der Waals surface area contributed by atoms with Crippen molar-refractivity contribution in [2.45, 2.75) is 0 Å². The lowest BCUT2D eigenvalue weighted by Crippen LogP contribution is -2.12. The number of carbonyl (C=O) groups is 1. The SMILES string of the molecule is NC(=O)C1=CC=CC=COCC=CC=CC=NC=CN=CC=N1. The minimum atomic E-state index is -0.626. The van der Waals surface area contributed by atoms with Crippen LogP contribution in [0.15, 0.2) is 87.9 Å². The second-order valence-electron chi connectivity index (χ2n) is 3.95. The topological polar surface area (TPSA) is 89.4 Å². The Hall–Kier alpha value is -3.28. The van der Waals surface area contributed by atoms with Crippen LogP contribution in [0, 0.1) is 0 Å². The summed E-state index contributed by atoms with van der Waals surface area (Å²) in [6, 6.07) is 0. The van der Waals surface area contributed by atoms with Crippen molar-refractivity contribution in [2.75, 3.05) is 6.61 Å². The van der Waals surface area contributed by atoms with Gasteiger partial charge in [-0.1, -0.05) is 24.3 Å². The predicted octanol–water partition coefficient (Wildman–Crippen LogP) is 2.25. The van der Waals surface area contributed by atoms with Crippen molar-refractivity contribution >= 4 is 24.6 Å². The first-order valence-corrected chi connectivity index (χ1v) is 6.81. The predicted molar refractivity (Wildman–Crippen MR) is 94.4 cm³/mol. The third kappa shape index (κ3) is 10.1. The van der Waals surface area contributed by atoms with Gasteiger partial charge in [-0.25, -0.2) is 4.99 Å². The van der Waals surface area contributed by atoms with Gasteiger partial charge in [-0.05, 0) is 24.3 Å². The lowest BCUT2D eigenvalue weighted by atomic mass is 10.3. The largest absolute Gasteiger partial charge is 0.497 e. The minimum absolute atomic E-state index is 0.117. The van der Waals surface area contributed by atoms with E-state index in [-0.39, 0.29) is 5.70 Å². The standard InChI is InChI=1S/C17H18N4O2/c18-17(22)16-8-4-3-7-15-23-14-6-2-1-5-9-19-10-11-20-12-13-21-16/h1-13,15H,14H2,(H2,18,22). The maximum absolute atomic E-state index is 11.2. The van der Waals surface area contributed by atoms with Crippen molar-refractivity contribution in [3.05, 3.63) is 73.0 Å². The first-order chi connectivity index (χ1) is 11.3. The van der Waals surface area contributed by atoms with Gasteiger partial charge < -0.3 is 10.5 Å². The van der Waals surface area contributed by atoms with Crippen LogP contribution in [-0.2, 0) is 9.53 Å². The molecule has 1 rings (SSSR count). The summed E-state index contributed by atoms with van der Waals surface area (Å²) in [7, 11) is 0. The zero-order valence-electron chi connectivity index (χ0n) is 12.5. The first-order valence-electron chi connectivity index (χ1n) is 6.81. The van der Waals surface area contributed by atoms with Gasteiger partial charge in [0, 0.05) is 31.0 Å². The van der Waals surface area contributed by atoms with Gasteiger partial charge in [-0.15, -0.1) is 0 Å². The fraction of sp³-hybridized carbons (Fsp3) is 0.0588. The number of ether oxygens (including phenoxy) is 1. The molecule has 0 aromatic rings. The maximum atomic E-state index is 11.2. The Bertz CT molecular complexity index is 633. The van der Waals surface area contributed by atoms with Crippen LogP contribution in [-0.4, -0.2) is 31.2 Å². The number of nitrogens with zero attached hydrogens (tertiary/aromatic N) is 3. The fourth-order valence-electron chi connectivity index (χ4n) is 1.24. The number of hydrogen-bond acceptors (Lipinski definition) is 5. The molecule has 1 aliphatic rings. The molecule has 6 nitrogen and oxygen atoms in total. The number of amides is 1. The summed E-state index contributed by atoms with van der Waals surface area (Å²) in [6.07, 6.45) is 22.9. The van der Waals surface area contributed by atoms with Crippen molar-refractivity contribution in [2.24, 2.45) is 20.7 Å². The number of primary amides is 1. The molecule has 0 bridgehead atoms. The Labute approximate surface area is 135 Å². The molecule has 0 atom stereocenters. The van der Waals surface area contributed by atoms with Crippen molar-refractivity contribution in [3.63, 3.8) is 0 Å². The van der Waals surface area contributed by atoms with Crippen LogP contribution >= 0.6 is 0 Å². The fourth-order valence-corrected chi connectivity index (χ4v) is 1.24. The van der Waals surface area contributed by atoms with E-state index in [9.17, 15) is 4.79 Å². The molecule has 6 heteroatoms. The van der Waals surface area contributed by atoms with Crippen LogP contribution in [0.1, 0.15) is 0 Å². The van der Waals surface area contributed by atoms with E-state index in [4.69, 9.17) is 10.5 Å². The molecule has 0 saturated carbocycles. The molecule has 23 heavy (non-hydrogen) atoms. The van der Waals surface area contributed by atoms with Crippen LogP contribution in [0.3, 0.4) is 0 Å². The average Bonchev–Trinajstić information content (AvgIpc) is 2.53. The number of rotatable bonds is 1. The molecule has 0 unspecified atom stereocenters. The molecule has 0 aliphatic carbocycles. The monoisotopic (exact) mass is 310 g/mol. The molecule has 0 saturated heterocycles. The third-order valence-corrected chi connectivity index (χ3v) is 2.23.